The van der Waals surface area contributed by atoms with Crippen molar-refractivity contribution in [2.24, 2.45) is 5.92 Å². The number of aromatic nitrogens is 2. The van der Waals surface area contributed by atoms with Gasteiger partial charge in [-0.2, -0.15) is 0 Å². The summed E-state index contributed by atoms with van der Waals surface area (Å²) < 4.78 is 2.13. The molecule has 4 nitrogen and oxygen atoms in total. The van der Waals surface area contributed by atoms with E-state index in [9.17, 15) is 5.11 Å². The number of imidazole rings is 1. The molecule has 0 amide bonds. The second-order valence-electron chi connectivity index (χ2n) is 6.58. The van der Waals surface area contributed by atoms with Gasteiger partial charge in [-0.05, 0) is 30.9 Å². The lowest BCUT2D eigenvalue weighted by atomic mass is 10.0. The molecule has 2 atom stereocenters. The molecule has 1 saturated heterocycles. The summed E-state index contributed by atoms with van der Waals surface area (Å²) >= 11 is 0. The summed E-state index contributed by atoms with van der Waals surface area (Å²) in [7, 11) is 0. The standard InChI is InChI=1S/C18H25N3O.2ClH/c1-13(2)11-14-3-5-15(6-4-14)18-20-9-10-21(18)16-7-8-19-12-17(16)22;;/h3-6,9-10,13,16-17,19,22H,7-8,11-12H2,1-2H3;2*1H/t16-,17-;;/m0../s1. The van der Waals surface area contributed by atoms with Crippen molar-refractivity contribution in [2.45, 2.75) is 38.8 Å². The zero-order valence-electron chi connectivity index (χ0n) is 14.2. The molecule has 0 spiro atoms. The van der Waals surface area contributed by atoms with Gasteiger partial charge in [-0.1, -0.05) is 38.1 Å². The first kappa shape index (κ1) is 21.0. The minimum atomic E-state index is -0.359. The number of halogens is 2. The Labute approximate surface area is 156 Å². The summed E-state index contributed by atoms with van der Waals surface area (Å²) in [6.45, 7) is 6.06. The third kappa shape index (κ3) is 4.73. The number of hydrogen-bond acceptors (Lipinski definition) is 3. The van der Waals surface area contributed by atoms with Gasteiger partial charge < -0.3 is 15.0 Å². The Kier molecular flexibility index (Phi) is 8.23. The van der Waals surface area contributed by atoms with Gasteiger partial charge in [-0.15, -0.1) is 24.8 Å². The first-order valence-corrected chi connectivity index (χ1v) is 8.16. The molecule has 2 aromatic rings. The molecule has 1 aromatic heterocycles. The molecule has 134 valence electrons. The van der Waals surface area contributed by atoms with Gasteiger partial charge in [0.15, 0.2) is 0 Å². The second kappa shape index (κ2) is 9.42. The SMILES string of the molecule is CC(C)Cc1ccc(-c2nccn2[C@H]2CCNC[C@@H]2O)cc1.Cl.Cl. The highest BCUT2D eigenvalue weighted by atomic mass is 35.5. The van der Waals surface area contributed by atoms with Crippen LogP contribution in [0.3, 0.4) is 0 Å². The van der Waals surface area contributed by atoms with Crippen LogP contribution in [0.25, 0.3) is 11.4 Å². The maximum Gasteiger partial charge on any atom is 0.140 e. The molecule has 2 N–H and O–H groups in total. The van der Waals surface area contributed by atoms with Crippen molar-refractivity contribution in [1.29, 1.82) is 0 Å². The van der Waals surface area contributed by atoms with E-state index >= 15 is 0 Å². The predicted molar refractivity (Wildman–Crippen MR) is 103 cm³/mol. The molecule has 0 unspecified atom stereocenters. The van der Waals surface area contributed by atoms with E-state index in [1.165, 1.54) is 5.56 Å². The Bertz CT molecular complexity index is 613. The molecule has 1 aliphatic heterocycles. The number of hydrogen-bond donors (Lipinski definition) is 2. The Hall–Kier alpha value is -1.07. The van der Waals surface area contributed by atoms with Gasteiger partial charge in [0, 0.05) is 24.5 Å². The third-order valence-electron chi connectivity index (χ3n) is 4.30. The average Bonchev–Trinajstić information content (AvgIpc) is 2.97. The minimum Gasteiger partial charge on any atom is -0.390 e. The Morgan fingerprint density at radius 1 is 1.25 bits per heavy atom. The van der Waals surface area contributed by atoms with Crippen LogP contribution in [-0.2, 0) is 6.42 Å². The van der Waals surface area contributed by atoms with E-state index in [0.29, 0.717) is 12.5 Å². The molecule has 0 saturated carbocycles. The van der Waals surface area contributed by atoms with Crippen LogP contribution in [0.15, 0.2) is 36.7 Å². The summed E-state index contributed by atoms with van der Waals surface area (Å²) in [5.74, 6) is 1.61. The van der Waals surface area contributed by atoms with Crippen molar-refractivity contribution < 1.29 is 5.11 Å². The zero-order chi connectivity index (χ0) is 15.5. The van der Waals surface area contributed by atoms with Gasteiger partial charge in [0.25, 0.3) is 0 Å². The topological polar surface area (TPSA) is 50.1 Å². The van der Waals surface area contributed by atoms with Crippen molar-refractivity contribution in [3.8, 4) is 11.4 Å². The van der Waals surface area contributed by atoms with E-state index < -0.39 is 0 Å². The fourth-order valence-electron chi connectivity index (χ4n) is 3.22. The van der Waals surface area contributed by atoms with Crippen molar-refractivity contribution in [2.75, 3.05) is 13.1 Å². The smallest absolute Gasteiger partial charge is 0.140 e. The zero-order valence-corrected chi connectivity index (χ0v) is 15.8. The average molecular weight is 372 g/mol. The lowest BCUT2D eigenvalue weighted by Gasteiger charge is -2.30. The highest BCUT2D eigenvalue weighted by Crippen LogP contribution is 2.27. The van der Waals surface area contributed by atoms with Crippen LogP contribution < -0.4 is 5.32 Å². The fourth-order valence-corrected chi connectivity index (χ4v) is 3.22. The largest absolute Gasteiger partial charge is 0.390 e. The Balaban J connectivity index is 0.00000144. The van der Waals surface area contributed by atoms with Gasteiger partial charge in [-0.3, -0.25) is 0 Å². The van der Waals surface area contributed by atoms with Crippen molar-refractivity contribution >= 4 is 24.8 Å². The quantitative estimate of drug-likeness (QED) is 0.864. The van der Waals surface area contributed by atoms with Gasteiger partial charge in [0.05, 0.1) is 12.1 Å². The molecule has 1 aromatic carbocycles. The van der Waals surface area contributed by atoms with E-state index in [1.54, 1.807) is 0 Å². The summed E-state index contributed by atoms with van der Waals surface area (Å²) in [6.07, 6.45) is 5.47. The van der Waals surface area contributed by atoms with Crippen molar-refractivity contribution in [1.82, 2.24) is 14.9 Å². The molecule has 1 fully saturated rings. The number of rotatable bonds is 4. The summed E-state index contributed by atoms with van der Waals surface area (Å²) in [5, 5.41) is 13.5. The van der Waals surface area contributed by atoms with E-state index in [1.807, 2.05) is 12.4 Å². The molecule has 0 bridgehead atoms. The van der Waals surface area contributed by atoms with Crippen LogP contribution in [-0.4, -0.2) is 33.9 Å². The summed E-state index contributed by atoms with van der Waals surface area (Å²) in [5.41, 5.74) is 2.47. The van der Waals surface area contributed by atoms with Crippen LogP contribution in [0, 0.1) is 5.92 Å². The van der Waals surface area contributed by atoms with Crippen LogP contribution in [0.1, 0.15) is 31.9 Å². The lowest BCUT2D eigenvalue weighted by Crippen LogP contribution is -2.41. The number of piperidine rings is 1. The van der Waals surface area contributed by atoms with Gasteiger partial charge in [0.2, 0.25) is 0 Å². The third-order valence-corrected chi connectivity index (χ3v) is 4.30. The highest BCUT2D eigenvalue weighted by Gasteiger charge is 2.26. The van der Waals surface area contributed by atoms with Crippen LogP contribution in [0.4, 0.5) is 0 Å². The van der Waals surface area contributed by atoms with Gasteiger partial charge in [-0.25, -0.2) is 4.98 Å². The lowest BCUT2D eigenvalue weighted by molar-refractivity contribution is 0.0880. The maximum atomic E-state index is 10.2. The minimum absolute atomic E-state index is 0. The molecule has 6 heteroatoms. The number of benzene rings is 1. The second-order valence-corrected chi connectivity index (χ2v) is 6.58. The van der Waals surface area contributed by atoms with Crippen molar-refractivity contribution in [3.05, 3.63) is 42.2 Å². The van der Waals surface area contributed by atoms with Crippen LogP contribution in [0.5, 0.6) is 0 Å². The summed E-state index contributed by atoms with van der Waals surface area (Å²) in [4.78, 5) is 4.52. The van der Waals surface area contributed by atoms with E-state index in [0.717, 1.165) is 30.8 Å². The normalized spacial score (nSPS) is 20.3. The van der Waals surface area contributed by atoms with Gasteiger partial charge in [0.1, 0.15) is 5.82 Å². The molecular formula is C18H27Cl2N3O. The number of β-amino-alcohol motifs (C(OH)–C–C–N with tert-alkyl or cyclic N) is 1. The van der Waals surface area contributed by atoms with Crippen LogP contribution in [0.2, 0.25) is 0 Å². The van der Waals surface area contributed by atoms with Gasteiger partial charge >= 0.3 is 0 Å². The molecule has 1 aliphatic rings. The molecule has 3 rings (SSSR count). The summed E-state index contributed by atoms with van der Waals surface area (Å²) in [6, 6.07) is 8.77. The predicted octanol–water partition coefficient (Wildman–Crippen LogP) is 3.49. The number of nitrogens with one attached hydrogen (secondary N) is 1. The Morgan fingerprint density at radius 3 is 2.58 bits per heavy atom. The Morgan fingerprint density at radius 2 is 1.96 bits per heavy atom. The first-order chi connectivity index (χ1) is 10.6. The molecule has 0 aliphatic carbocycles. The molecule has 0 radical (unpaired) electrons. The number of aliphatic hydroxyl groups is 1. The molecule has 2 heterocycles. The fraction of sp³-hybridized carbons (Fsp3) is 0.500. The molecular weight excluding hydrogens is 345 g/mol. The van der Waals surface area contributed by atoms with E-state index in [4.69, 9.17) is 0 Å². The molecule has 24 heavy (non-hydrogen) atoms. The number of nitrogens with zero attached hydrogens (tertiary/aromatic N) is 2. The monoisotopic (exact) mass is 371 g/mol. The highest BCUT2D eigenvalue weighted by molar-refractivity contribution is 5.85. The van der Waals surface area contributed by atoms with E-state index in [2.05, 4.69) is 53.0 Å². The van der Waals surface area contributed by atoms with E-state index in [-0.39, 0.29) is 37.0 Å². The first-order valence-electron chi connectivity index (χ1n) is 8.16. The van der Waals surface area contributed by atoms with Crippen molar-refractivity contribution in [3.63, 3.8) is 0 Å². The number of aliphatic hydroxyl groups excluding tert-OH is 1. The van der Waals surface area contributed by atoms with Crippen LogP contribution >= 0.6 is 24.8 Å². The maximum absolute atomic E-state index is 10.2.